The number of rotatable bonds is 3. The predicted molar refractivity (Wildman–Crippen MR) is 59.3 cm³/mol. The van der Waals surface area contributed by atoms with Gasteiger partial charge >= 0.3 is 0 Å². The highest BCUT2D eigenvalue weighted by Crippen LogP contribution is 2.34. The van der Waals surface area contributed by atoms with Gasteiger partial charge in [0.25, 0.3) is 0 Å². The van der Waals surface area contributed by atoms with Crippen LogP contribution in [0.1, 0.15) is 43.0 Å². The molecule has 1 aliphatic carbocycles. The van der Waals surface area contributed by atoms with Gasteiger partial charge in [-0.3, -0.25) is 4.79 Å². The first-order valence-corrected chi connectivity index (χ1v) is 5.47. The Balaban J connectivity index is 2.19. The lowest BCUT2D eigenvalue weighted by atomic mass is 10.1. The lowest BCUT2D eigenvalue weighted by Gasteiger charge is -2.26. The molecule has 0 radical (unpaired) electrons. The third-order valence-corrected chi connectivity index (χ3v) is 3.06. The molecule has 0 saturated heterocycles. The van der Waals surface area contributed by atoms with Gasteiger partial charge in [-0.25, -0.2) is 0 Å². The molecule has 2 nitrogen and oxygen atoms in total. The molecular weight excluding hydrogens is 188 g/mol. The van der Waals surface area contributed by atoms with Crippen molar-refractivity contribution in [1.82, 2.24) is 0 Å². The van der Waals surface area contributed by atoms with E-state index in [4.69, 9.17) is 4.74 Å². The van der Waals surface area contributed by atoms with Gasteiger partial charge in [0.15, 0.2) is 6.29 Å². The first-order chi connectivity index (χ1) is 7.23. The van der Waals surface area contributed by atoms with Gasteiger partial charge in [0.05, 0.1) is 5.56 Å². The summed E-state index contributed by atoms with van der Waals surface area (Å²) in [6, 6.07) is 7.42. The van der Waals surface area contributed by atoms with Crippen molar-refractivity contribution in [2.24, 2.45) is 0 Å². The van der Waals surface area contributed by atoms with Gasteiger partial charge < -0.3 is 4.74 Å². The van der Waals surface area contributed by atoms with Crippen molar-refractivity contribution < 1.29 is 9.53 Å². The van der Waals surface area contributed by atoms with E-state index in [1.54, 1.807) is 6.07 Å². The summed E-state index contributed by atoms with van der Waals surface area (Å²) in [6.07, 6.45) is 5.47. The third-order valence-electron chi connectivity index (χ3n) is 3.06. The Morgan fingerprint density at radius 1 is 1.27 bits per heavy atom. The Bertz CT molecular complexity index is 351. The summed E-state index contributed by atoms with van der Waals surface area (Å²) in [5, 5.41) is 0. The molecule has 1 aliphatic rings. The van der Waals surface area contributed by atoms with Crippen LogP contribution in [0.5, 0.6) is 5.75 Å². The summed E-state index contributed by atoms with van der Waals surface area (Å²) in [7, 11) is 0. The molecule has 0 heterocycles. The highest BCUT2D eigenvalue weighted by Gasteiger charge is 2.31. The average Bonchev–Trinajstić information content (AvgIpc) is 2.66. The normalized spacial score (nSPS) is 18.7. The molecule has 1 fully saturated rings. The summed E-state index contributed by atoms with van der Waals surface area (Å²) < 4.78 is 5.95. The van der Waals surface area contributed by atoms with Crippen LogP contribution in [0.15, 0.2) is 24.3 Å². The maximum Gasteiger partial charge on any atom is 0.153 e. The molecule has 0 aromatic heterocycles. The topological polar surface area (TPSA) is 26.3 Å². The summed E-state index contributed by atoms with van der Waals surface area (Å²) >= 11 is 0. The largest absolute Gasteiger partial charge is 0.487 e. The van der Waals surface area contributed by atoms with Crippen LogP contribution in [0.3, 0.4) is 0 Å². The maximum atomic E-state index is 10.8. The Morgan fingerprint density at radius 3 is 2.60 bits per heavy atom. The number of hydrogen-bond acceptors (Lipinski definition) is 2. The van der Waals surface area contributed by atoms with Crippen molar-refractivity contribution in [2.45, 2.75) is 38.2 Å². The molecule has 2 heteroatoms. The molecule has 0 N–H and O–H groups in total. The van der Waals surface area contributed by atoms with Crippen molar-refractivity contribution in [2.75, 3.05) is 0 Å². The summed E-state index contributed by atoms with van der Waals surface area (Å²) in [4.78, 5) is 10.8. The number of carbonyl (C=O) groups is 1. The maximum absolute atomic E-state index is 10.8. The fraction of sp³-hybridized carbons (Fsp3) is 0.462. The number of benzene rings is 1. The van der Waals surface area contributed by atoms with Crippen LogP contribution in [0.4, 0.5) is 0 Å². The smallest absolute Gasteiger partial charge is 0.153 e. The molecule has 0 atom stereocenters. The van der Waals surface area contributed by atoms with Crippen LogP contribution in [-0.2, 0) is 0 Å². The minimum atomic E-state index is -0.0703. The molecule has 0 aliphatic heterocycles. The Kier molecular flexibility index (Phi) is 2.76. The van der Waals surface area contributed by atoms with E-state index >= 15 is 0 Å². The van der Waals surface area contributed by atoms with Crippen molar-refractivity contribution >= 4 is 6.29 Å². The van der Waals surface area contributed by atoms with Crippen LogP contribution in [0.25, 0.3) is 0 Å². The zero-order chi connectivity index (χ0) is 10.7. The zero-order valence-corrected chi connectivity index (χ0v) is 9.03. The molecule has 15 heavy (non-hydrogen) atoms. The minimum absolute atomic E-state index is 0.0703. The van der Waals surface area contributed by atoms with Gasteiger partial charge in [0, 0.05) is 0 Å². The predicted octanol–water partition coefficient (Wildman–Crippen LogP) is 3.21. The fourth-order valence-corrected chi connectivity index (χ4v) is 2.16. The van der Waals surface area contributed by atoms with Crippen molar-refractivity contribution in [1.29, 1.82) is 0 Å². The van der Waals surface area contributed by atoms with Gasteiger partial charge in [0.2, 0.25) is 0 Å². The molecule has 0 bridgehead atoms. The van der Waals surface area contributed by atoms with Gasteiger partial charge in [-0.2, -0.15) is 0 Å². The van der Waals surface area contributed by atoms with Gasteiger partial charge in [-0.1, -0.05) is 12.1 Å². The number of hydrogen-bond donors (Lipinski definition) is 0. The number of ether oxygens (including phenoxy) is 1. The van der Waals surface area contributed by atoms with E-state index in [-0.39, 0.29) is 5.60 Å². The minimum Gasteiger partial charge on any atom is -0.487 e. The van der Waals surface area contributed by atoms with E-state index in [2.05, 4.69) is 6.92 Å². The molecule has 2 rings (SSSR count). The van der Waals surface area contributed by atoms with Gasteiger partial charge in [0.1, 0.15) is 11.4 Å². The second-order valence-corrected chi connectivity index (χ2v) is 4.41. The standard InChI is InChI=1S/C13H16O2/c1-13(8-4-5-9-13)15-12-7-3-2-6-11(12)10-14/h2-3,6-7,10H,4-5,8-9H2,1H3. The molecular formula is C13H16O2. The second kappa shape index (κ2) is 4.05. The molecule has 0 amide bonds. The number of para-hydroxylation sites is 1. The second-order valence-electron chi connectivity index (χ2n) is 4.41. The van der Waals surface area contributed by atoms with Crippen LogP contribution in [-0.4, -0.2) is 11.9 Å². The Labute approximate surface area is 90.3 Å². The van der Waals surface area contributed by atoms with E-state index in [0.29, 0.717) is 5.56 Å². The molecule has 80 valence electrons. The number of carbonyl (C=O) groups excluding carboxylic acids is 1. The van der Waals surface area contributed by atoms with E-state index in [1.807, 2.05) is 18.2 Å². The van der Waals surface area contributed by atoms with E-state index in [0.717, 1.165) is 24.9 Å². The Morgan fingerprint density at radius 2 is 1.93 bits per heavy atom. The van der Waals surface area contributed by atoms with E-state index in [1.165, 1.54) is 12.8 Å². The number of aldehydes is 1. The monoisotopic (exact) mass is 204 g/mol. The lowest BCUT2D eigenvalue weighted by Crippen LogP contribution is -2.28. The molecule has 0 spiro atoms. The van der Waals surface area contributed by atoms with Crippen molar-refractivity contribution in [3.63, 3.8) is 0 Å². The molecule has 1 saturated carbocycles. The third kappa shape index (κ3) is 2.20. The van der Waals surface area contributed by atoms with Crippen LogP contribution >= 0.6 is 0 Å². The van der Waals surface area contributed by atoms with Gasteiger partial charge in [-0.05, 0) is 44.7 Å². The van der Waals surface area contributed by atoms with E-state index in [9.17, 15) is 4.79 Å². The molecule has 1 aromatic rings. The first kappa shape index (κ1) is 10.2. The Hall–Kier alpha value is -1.31. The van der Waals surface area contributed by atoms with Crippen LogP contribution in [0, 0.1) is 0 Å². The highest BCUT2D eigenvalue weighted by molar-refractivity contribution is 5.79. The SMILES string of the molecule is CC1(Oc2ccccc2C=O)CCCC1. The summed E-state index contributed by atoms with van der Waals surface area (Å²) in [5.74, 6) is 0.719. The van der Waals surface area contributed by atoms with Gasteiger partial charge in [-0.15, -0.1) is 0 Å². The van der Waals surface area contributed by atoms with Crippen molar-refractivity contribution in [3.8, 4) is 5.75 Å². The van der Waals surface area contributed by atoms with Crippen LogP contribution in [0.2, 0.25) is 0 Å². The first-order valence-electron chi connectivity index (χ1n) is 5.47. The van der Waals surface area contributed by atoms with Crippen LogP contribution < -0.4 is 4.74 Å². The van der Waals surface area contributed by atoms with E-state index < -0.39 is 0 Å². The summed E-state index contributed by atoms with van der Waals surface area (Å²) in [5.41, 5.74) is 0.574. The quantitative estimate of drug-likeness (QED) is 0.707. The molecule has 1 aromatic carbocycles. The fourth-order valence-electron chi connectivity index (χ4n) is 2.16. The summed E-state index contributed by atoms with van der Waals surface area (Å²) in [6.45, 7) is 2.13. The zero-order valence-electron chi connectivity index (χ0n) is 9.03. The van der Waals surface area contributed by atoms with Crippen molar-refractivity contribution in [3.05, 3.63) is 29.8 Å². The lowest BCUT2D eigenvalue weighted by molar-refractivity contribution is 0.0936. The average molecular weight is 204 g/mol. The molecule has 0 unspecified atom stereocenters. The highest BCUT2D eigenvalue weighted by atomic mass is 16.5.